The quantitative estimate of drug-likeness (QED) is 0.0356. The van der Waals surface area contributed by atoms with Crippen molar-refractivity contribution in [2.24, 2.45) is 5.41 Å². The molecule has 0 aliphatic carbocycles. The molecule has 8 nitrogen and oxygen atoms in total. The Morgan fingerprint density at radius 2 is 0.377 bits per heavy atom. The van der Waals surface area contributed by atoms with Gasteiger partial charge in [0.25, 0.3) is 0 Å². The van der Waals surface area contributed by atoms with Crippen molar-refractivity contribution in [1.29, 1.82) is 0 Å². The molecule has 114 heavy (non-hydrogen) atoms. The molecule has 13 heteroatoms. The molecular weight excluding hydrogens is 1500 g/mol. The Morgan fingerprint density at radius 1 is 0.219 bits per heavy atom. The first-order chi connectivity index (χ1) is 56.0. The fourth-order valence-electron chi connectivity index (χ4n) is 15.4. The summed E-state index contributed by atoms with van der Waals surface area (Å²) in [7, 11) is 0. The van der Waals surface area contributed by atoms with Gasteiger partial charge in [-0.05, 0) is 81.0 Å². The fraction of sp³-hybridized carbons (Fsp3) is 0.941. The molecule has 0 unspecified atom stereocenters. The fourth-order valence-corrected chi connectivity index (χ4v) is 17.0. The zero-order valence-corrected chi connectivity index (χ0v) is 80.9. The molecule has 0 radical (unpaired) electrons. The first-order valence-corrected chi connectivity index (χ1v) is 53.3. The van der Waals surface area contributed by atoms with E-state index in [-0.39, 0.29) is 12.4 Å². The third-order valence-corrected chi connectivity index (χ3v) is 25.5. The lowest BCUT2D eigenvalue weighted by molar-refractivity contribution is -0.143. The number of carboxylic acids is 1. The van der Waals surface area contributed by atoms with Gasteiger partial charge in [-0.2, -0.15) is 11.8 Å². The molecule has 0 aliphatic rings. The topological polar surface area (TPSA) is 101 Å². The number of hydrogen-bond donors (Lipinski definition) is 1. The molecule has 0 atom stereocenters. The molecule has 0 amide bonds. The second-order valence-corrected chi connectivity index (χ2v) is 38.0. The number of thioether (sulfide) groups is 1. The van der Waals surface area contributed by atoms with E-state index in [0.717, 1.165) is 64.2 Å². The van der Waals surface area contributed by atoms with Gasteiger partial charge >= 0.3 is 11.9 Å². The molecule has 1 N–H and O–H groups in total. The van der Waals surface area contributed by atoms with Gasteiger partial charge in [-0.3, -0.25) is 9.59 Å². The van der Waals surface area contributed by atoms with Crippen LogP contribution in [-0.4, -0.2) is 81.8 Å². The lowest BCUT2D eigenvalue weighted by Crippen LogP contribution is -2.43. The van der Waals surface area contributed by atoms with Gasteiger partial charge in [-0.1, -0.05) is 490 Å². The third kappa shape index (κ3) is 96.3. The van der Waals surface area contributed by atoms with Crippen molar-refractivity contribution in [2.75, 3.05) is 44.5 Å². The summed E-state index contributed by atoms with van der Waals surface area (Å²) in [6.07, 6.45) is 106. The predicted molar refractivity (Wildman–Crippen MR) is 520 cm³/mol. The summed E-state index contributed by atoms with van der Waals surface area (Å²) in [5.41, 5.74) is -0.664. The Morgan fingerprint density at radius 3 is 0.553 bits per heavy atom. The van der Waals surface area contributed by atoms with Crippen LogP contribution in [0.25, 0.3) is 0 Å². The highest BCUT2D eigenvalue weighted by atomic mass is 32.2. The number of aliphatic carboxylic acids is 1. The molecule has 0 aromatic rings. The van der Waals surface area contributed by atoms with Crippen LogP contribution in [0.1, 0.15) is 561 Å². The van der Waals surface area contributed by atoms with Gasteiger partial charge in [0.15, 0.2) is 20.2 Å². The summed E-state index contributed by atoms with van der Waals surface area (Å²) in [6, 6.07) is 0. The monoisotopic (exact) mass is 1700 g/mol. The number of unbranched alkanes of at least 4 members (excludes halogenated alkanes) is 71. The van der Waals surface area contributed by atoms with Crippen molar-refractivity contribution in [3.8, 4) is 0 Å². The van der Waals surface area contributed by atoms with Gasteiger partial charge < -0.3 is 28.8 Å². The Hall–Kier alpha value is -1.15. The molecule has 0 rings (SSSR count). The maximum absolute atomic E-state index is 11.6. The van der Waals surface area contributed by atoms with Crippen LogP contribution in [0, 0.1) is 5.41 Å². The number of ether oxygens (including phenoxy) is 5. The van der Waals surface area contributed by atoms with Gasteiger partial charge in [0, 0.05) is 37.2 Å². The third-order valence-electron chi connectivity index (χ3n) is 23.3. The average Bonchev–Trinajstić information content (AvgIpc) is 0.852. The van der Waals surface area contributed by atoms with E-state index in [1.54, 1.807) is 0 Å². The SMILES string of the molecule is CCCCCCCCCCCCCCC(=S)OCC(COC(=S)CCCCCCCCCCCCCC)(COC(=S)CCCCCCCCCCCCCC)COC(=S)CCCCCCCCCCCCCC.CCCCCCCCCCCCCCCCCCCCCCCCCCCCCCOC(=O)CCSCCC(=O)O. The van der Waals surface area contributed by atoms with Crippen LogP contribution in [0.15, 0.2) is 0 Å². The summed E-state index contributed by atoms with van der Waals surface area (Å²) >= 11 is 25.1. The smallest absolute Gasteiger partial charge is 0.306 e. The van der Waals surface area contributed by atoms with Gasteiger partial charge in [-0.15, -0.1) is 0 Å². The van der Waals surface area contributed by atoms with Crippen molar-refractivity contribution in [1.82, 2.24) is 0 Å². The zero-order chi connectivity index (χ0) is 83.1. The van der Waals surface area contributed by atoms with Gasteiger partial charge in [0.05, 0.1) is 19.4 Å². The lowest BCUT2D eigenvalue weighted by Gasteiger charge is -2.33. The highest BCUT2D eigenvalue weighted by Gasteiger charge is 2.37. The summed E-state index contributed by atoms with van der Waals surface area (Å²) in [5, 5.41) is 11.2. The summed E-state index contributed by atoms with van der Waals surface area (Å²) < 4.78 is 31.3. The van der Waals surface area contributed by atoms with E-state index in [1.165, 1.54) is 461 Å². The number of thiocarbonyl (C=S) groups is 4. The molecule has 0 aromatic carbocycles. The largest absolute Gasteiger partial charge is 0.486 e. The summed E-state index contributed by atoms with van der Waals surface area (Å²) in [5.74, 6) is 0.262. The summed E-state index contributed by atoms with van der Waals surface area (Å²) in [4.78, 5) is 22.1. The minimum absolute atomic E-state index is 0.152. The van der Waals surface area contributed by atoms with Gasteiger partial charge in [0.1, 0.15) is 31.8 Å². The normalized spacial score (nSPS) is 11.4. The van der Waals surface area contributed by atoms with Crippen LogP contribution in [0.4, 0.5) is 0 Å². The van der Waals surface area contributed by atoms with E-state index in [4.69, 9.17) is 77.7 Å². The number of esters is 1. The van der Waals surface area contributed by atoms with E-state index in [0.29, 0.717) is 71.2 Å². The standard InChI is InChI=1S/C65H124O4S4.C36H70O4S/c1-5-9-13-17-21-25-29-33-37-41-45-49-53-61(70)66-57-65(58-67-62(71)54-50-46-42-38-34-30-26-22-18-14-10-6-2,59-68-63(72)55-51-47-43-39-35-31-27-23-19-15-11-7-3)60-69-64(73)56-52-48-44-40-36-32-28-24-20-16-12-8-4;1-2-3-4-5-6-7-8-9-10-11-12-13-14-15-16-17-18-19-20-21-22-23-24-25-26-27-28-29-32-40-36(39)31-34-41-33-30-35(37)38/h5-60H2,1-4H3;2-34H2,1H3,(H,37,38). The Labute approximate surface area is 736 Å². The summed E-state index contributed by atoms with van der Waals surface area (Å²) in [6.45, 7) is 13.3. The molecule has 0 fully saturated rings. The zero-order valence-electron chi connectivity index (χ0n) is 76.8. The number of rotatable bonds is 95. The van der Waals surface area contributed by atoms with Gasteiger partial charge in [-0.25, -0.2) is 0 Å². The first kappa shape index (κ1) is 115. The van der Waals surface area contributed by atoms with Crippen molar-refractivity contribution >= 4 is 92.8 Å². The van der Waals surface area contributed by atoms with E-state index >= 15 is 0 Å². The molecule has 0 aromatic heterocycles. The minimum atomic E-state index is -0.786. The lowest BCUT2D eigenvalue weighted by atomic mass is 9.92. The molecule has 0 aliphatic heterocycles. The van der Waals surface area contributed by atoms with Crippen LogP contribution < -0.4 is 0 Å². The molecule has 676 valence electrons. The van der Waals surface area contributed by atoms with E-state index in [1.807, 2.05) is 0 Å². The number of carbonyl (C=O) groups excluding carboxylic acids is 1. The van der Waals surface area contributed by atoms with Crippen LogP contribution in [0.5, 0.6) is 0 Å². The molecule has 0 heterocycles. The first-order valence-electron chi connectivity index (χ1n) is 50.6. The van der Waals surface area contributed by atoms with Crippen molar-refractivity contribution in [2.45, 2.75) is 561 Å². The Kier molecular flexibility index (Phi) is 99.7. The highest BCUT2D eigenvalue weighted by molar-refractivity contribution is 7.99. The van der Waals surface area contributed by atoms with Crippen molar-refractivity contribution in [3.05, 3.63) is 0 Å². The van der Waals surface area contributed by atoms with Crippen LogP contribution in [-0.2, 0) is 33.3 Å². The Balaban J connectivity index is 0. The molecular formula is C101H194O8S5. The van der Waals surface area contributed by atoms with Crippen LogP contribution >= 0.6 is 60.6 Å². The molecule has 0 spiro atoms. The van der Waals surface area contributed by atoms with E-state index in [9.17, 15) is 9.59 Å². The van der Waals surface area contributed by atoms with E-state index < -0.39 is 11.4 Å². The Bertz CT molecular complexity index is 1810. The number of hydrogen-bond acceptors (Lipinski definition) is 12. The van der Waals surface area contributed by atoms with Crippen molar-refractivity contribution in [3.63, 3.8) is 0 Å². The maximum atomic E-state index is 11.6. The van der Waals surface area contributed by atoms with Crippen molar-refractivity contribution < 1.29 is 38.4 Å². The molecule has 0 saturated carbocycles. The predicted octanol–water partition coefficient (Wildman–Crippen LogP) is 35.8. The second kappa shape index (κ2) is 99.0. The van der Waals surface area contributed by atoms with E-state index in [2.05, 4.69) is 34.6 Å². The van der Waals surface area contributed by atoms with Crippen LogP contribution in [0.2, 0.25) is 0 Å². The van der Waals surface area contributed by atoms with Gasteiger partial charge in [0.2, 0.25) is 0 Å². The number of carbonyl (C=O) groups is 2. The second-order valence-electron chi connectivity index (χ2n) is 35.0. The number of carboxylic acid groups (broad SMARTS) is 1. The highest BCUT2D eigenvalue weighted by Crippen LogP contribution is 2.27. The maximum Gasteiger partial charge on any atom is 0.306 e. The minimum Gasteiger partial charge on any atom is -0.486 e. The molecule has 0 bridgehead atoms. The molecule has 0 saturated heterocycles. The average molecular weight is 1700 g/mol. The van der Waals surface area contributed by atoms with Crippen LogP contribution in [0.3, 0.4) is 0 Å².